The first-order chi connectivity index (χ1) is 10.8. The van der Waals surface area contributed by atoms with Crippen molar-refractivity contribution in [1.29, 1.82) is 0 Å². The Morgan fingerprint density at radius 1 is 0.682 bits per heavy atom. The summed E-state index contributed by atoms with van der Waals surface area (Å²) >= 11 is 2.03. The highest BCUT2D eigenvalue weighted by molar-refractivity contribution is 7.99. The van der Waals surface area contributed by atoms with Crippen LogP contribution < -0.4 is 5.32 Å². The third-order valence-electron chi connectivity index (χ3n) is 3.68. The van der Waals surface area contributed by atoms with Gasteiger partial charge in [-0.15, -0.1) is 0 Å². The van der Waals surface area contributed by atoms with Crippen molar-refractivity contribution in [2.45, 2.75) is 0 Å². The molecule has 0 amide bonds. The van der Waals surface area contributed by atoms with E-state index in [0.717, 1.165) is 0 Å². The Labute approximate surface area is 134 Å². The number of thioether (sulfide) groups is 1. The lowest BCUT2D eigenvalue weighted by atomic mass is 9.84. The molecule has 1 saturated heterocycles. The molecular weight excluding hydrogens is 294 g/mol. The fourth-order valence-electron chi connectivity index (χ4n) is 2.56. The second-order valence-corrected chi connectivity index (χ2v) is 6.34. The van der Waals surface area contributed by atoms with Crippen LogP contribution in [0, 0.1) is 0 Å². The summed E-state index contributed by atoms with van der Waals surface area (Å²) in [4.78, 5) is 24.2. The molecule has 4 heteroatoms. The molecule has 112 valence electrons. The largest absolute Gasteiger partial charge is 0.315 e. The monoisotopic (exact) mass is 311 g/mol. The van der Waals surface area contributed by atoms with E-state index in [1.807, 2.05) is 11.8 Å². The van der Waals surface area contributed by atoms with E-state index in [9.17, 15) is 9.59 Å². The first-order valence-corrected chi connectivity index (χ1v) is 8.50. The highest BCUT2D eigenvalue weighted by Gasteiger charge is 2.28. The van der Waals surface area contributed by atoms with Gasteiger partial charge in [-0.3, -0.25) is 9.59 Å². The zero-order valence-corrected chi connectivity index (χ0v) is 13.0. The van der Waals surface area contributed by atoms with E-state index in [-0.39, 0.29) is 11.6 Å². The van der Waals surface area contributed by atoms with Crippen molar-refractivity contribution in [3.8, 4) is 0 Å². The molecule has 1 N–H and O–H groups in total. The van der Waals surface area contributed by atoms with Crippen molar-refractivity contribution in [3.05, 3.63) is 70.8 Å². The predicted molar refractivity (Wildman–Crippen MR) is 89.9 cm³/mol. The van der Waals surface area contributed by atoms with Crippen LogP contribution in [0.15, 0.2) is 48.5 Å². The van der Waals surface area contributed by atoms with E-state index in [1.165, 1.54) is 24.6 Å². The molecule has 0 aromatic heterocycles. The normalized spacial score (nSPS) is 16.2. The van der Waals surface area contributed by atoms with Crippen LogP contribution in [0.1, 0.15) is 31.8 Å². The molecule has 4 rings (SSSR count). The average molecular weight is 311 g/mol. The second-order valence-electron chi connectivity index (χ2n) is 5.11. The molecular formula is C18H17NO2S. The smallest absolute Gasteiger partial charge is 0.194 e. The van der Waals surface area contributed by atoms with Crippen LogP contribution in [0.3, 0.4) is 0 Å². The SMILES string of the molecule is C1CSCCN1.O=C1c2ccccc2C(=O)c2ccccc21. The lowest BCUT2D eigenvalue weighted by molar-refractivity contribution is 0.0979. The quantitative estimate of drug-likeness (QED) is 0.693. The number of nitrogens with one attached hydrogen (secondary N) is 1. The number of benzene rings is 2. The van der Waals surface area contributed by atoms with Gasteiger partial charge in [0.15, 0.2) is 11.6 Å². The third kappa shape index (κ3) is 2.98. The molecule has 2 aromatic rings. The molecule has 1 heterocycles. The third-order valence-corrected chi connectivity index (χ3v) is 4.66. The Kier molecular flexibility index (Phi) is 4.71. The minimum Gasteiger partial charge on any atom is -0.315 e. The van der Waals surface area contributed by atoms with Crippen molar-refractivity contribution < 1.29 is 9.59 Å². The van der Waals surface area contributed by atoms with Crippen LogP contribution in [-0.2, 0) is 0 Å². The summed E-state index contributed by atoms with van der Waals surface area (Å²) in [6, 6.07) is 13.9. The summed E-state index contributed by atoms with van der Waals surface area (Å²) in [5, 5.41) is 3.26. The molecule has 0 bridgehead atoms. The van der Waals surface area contributed by atoms with Gasteiger partial charge in [-0.25, -0.2) is 0 Å². The lowest BCUT2D eigenvalue weighted by Crippen LogP contribution is -2.24. The van der Waals surface area contributed by atoms with E-state index >= 15 is 0 Å². The summed E-state index contributed by atoms with van der Waals surface area (Å²) in [5.41, 5.74) is 2.02. The number of carbonyl (C=O) groups is 2. The molecule has 0 spiro atoms. The van der Waals surface area contributed by atoms with Gasteiger partial charge in [0.1, 0.15) is 0 Å². The average Bonchev–Trinajstić information content (AvgIpc) is 2.62. The van der Waals surface area contributed by atoms with Gasteiger partial charge >= 0.3 is 0 Å². The molecule has 2 aromatic carbocycles. The summed E-state index contributed by atoms with van der Waals surface area (Å²) in [6.07, 6.45) is 0. The number of ketones is 2. The van der Waals surface area contributed by atoms with E-state index in [1.54, 1.807) is 48.5 Å². The minimum atomic E-state index is -0.0641. The molecule has 2 aliphatic rings. The molecule has 1 fully saturated rings. The Hall–Kier alpha value is -1.91. The number of rotatable bonds is 0. The first-order valence-electron chi connectivity index (χ1n) is 7.35. The van der Waals surface area contributed by atoms with Gasteiger partial charge in [-0.2, -0.15) is 11.8 Å². The minimum absolute atomic E-state index is 0.0641. The summed E-state index contributed by atoms with van der Waals surface area (Å²) in [7, 11) is 0. The van der Waals surface area contributed by atoms with Crippen molar-refractivity contribution >= 4 is 23.3 Å². The molecule has 3 nitrogen and oxygen atoms in total. The van der Waals surface area contributed by atoms with Crippen LogP contribution in [0.25, 0.3) is 0 Å². The summed E-state index contributed by atoms with van der Waals surface area (Å²) < 4.78 is 0. The molecule has 1 aliphatic heterocycles. The first kappa shape index (κ1) is 15.0. The maximum absolute atomic E-state index is 12.1. The van der Waals surface area contributed by atoms with Crippen molar-refractivity contribution in [2.24, 2.45) is 0 Å². The standard InChI is InChI=1S/C14H8O2.C4H9NS/c15-13-9-5-1-2-6-10(9)14(16)12-8-4-3-7-11(12)13;1-3-6-4-2-5-1/h1-8H;5H,1-4H2. The zero-order valence-electron chi connectivity index (χ0n) is 12.2. The molecule has 0 radical (unpaired) electrons. The molecule has 22 heavy (non-hydrogen) atoms. The highest BCUT2D eigenvalue weighted by atomic mass is 32.2. The van der Waals surface area contributed by atoms with Crippen LogP contribution in [-0.4, -0.2) is 36.2 Å². The fourth-order valence-corrected chi connectivity index (χ4v) is 3.35. The van der Waals surface area contributed by atoms with E-state index in [2.05, 4.69) is 5.32 Å². The lowest BCUT2D eigenvalue weighted by Gasteiger charge is -2.16. The maximum atomic E-state index is 12.1. The Balaban J connectivity index is 0.000000202. The van der Waals surface area contributed by atoms with Gasteiger partial charge in [0.05, 0.1) is 0 Å². The Morgan fingerprint density at radius 2 is 1.05 bits per heavy atom. The number of hydrogen-bond acceptors (Lipinski definition) is 4. The summed E-state index contributed by atoms with van der Waals surface area (Å²) in [5.74, 6) is 2.48. The van der Waals surface area contributed by atoms with Gasteiger partial charge in [0.25, 0.3) is 0 Å². The zero-order chi connectivity index (χ0) is 15.4. The van der Waals surface area contributed by atoms with Crippen LogP contribution in [0.2, 0.25) is 0 Å². The molecule has 0 atom stereocenters. The van der Waals surface area contributed by atoms with Crippen molar-refractivity contribution in [1.82, 2.24) is 5.32 Å². The van der Waals surface area contributed by atoms with Gasteiger partial charge in [-0.1, -0.05) is 48.5 Å². The van der Waals surface area contributed by atoms with E-state index < -0.39 is 0 Å². The summed E-state index contributed by atoms with van der Waals surface area (Å²) in [6.45, 7) is 2.43. The number of carbonyl (C=O) groups excluding carboxylic acids is 2. The fraction of sp³-hybridized carbons (Fsp3) is 0.222. The topological polar surface area (TPSA) is 46.2 Å². The maximum Gasteiger partial charge on any atom is 0.194 e. The van der Waals surface area contributed by atoms with Crippen LogP contribution in [0.4, 0.5) is 0 Å². The predicted octanol–water partition coefficient (Wildman–Crippen LogP) is 2.78. The Morgan fingerprint density at radius 3 is 1.27 bits per heavy atom. The van der Waals surface area contributed by atoms with Crippen LogP contribution >= 0.6 is 11.8 Å². The van der Waals surface area contributed by atoms with Gasteiger partial charge in [-0.05, 0) is 0 Å². The Bertz CT molecular complexity index is 591. The highest BCUT2D eigenvalue weighted by Crippen LogP contribution is 2.26. The van der Waals surface area contributed by atoms with Crippen LogP contribution in [0.5, 0.6) is 0 Å². The van der Waals surface area contributed by atoms with Gasteiger partial charge < -0.3 is 5.32 Å². The van der Waals surface area contributed by atoms with E-state index in [4.69, 9.17) is 0 Å². The van der Waals surface area contributed by atoms with Crippen molar-refractivity contribution in [2.75, 3.05) is 24.6 Å². The second kappa shape index (κ2) is 6.90. The van der Waals surface area contributed by atoms with E-state index in [0.29, 0.717) is 22.3 Å². The van der Waals surface area contributed by atoms with Crippen molar-refractivity contribution in [3.63, 3.8) is 0 Å². The van der Waals surface area contributed by atoms with Gasteiger partial charge in [0.2, 0.25) is 0 Å². The van der Waals surface area contributed by atoms with Gasteiger partial charge in [0, 0.05) is 46.8 Å². The number of hydrogen-bond donors (Lipinski definition) is 1. The molecule has 0 saturated carbocycles. The molecule has 1 aliphatic carbocycles. The molecule has 0 unspecified atom stereocenters. The number of fused-ring (bicyclic) bond motifs is 2.